The number of aromatic nitrogens is 2. The summed E-state index contributed by atoms with van der Waals surface area (Å²) in [4.78, 5) is 22.5. The van der Waals surface area contributed by atoms with Gasteiger partial charge in [0.1, 0.15) is 12.5 Å². The highest BCUT2D eigenvalue weighted by Crippen LogP contribution is 2.40. The fourth-order valence-electron chi connectivity index (χ4n) is 4.47. The fourth-order valence-corrected chi connectivity index (χ4v) is 5.23. The standard InChI is InChI=1S/C17H27N3O3Si.C9H13NO/c1-17(2)9-14-13(8-12(17)10-18)15(16(21)22)19-20(14)11-23-6-7-24(3,4)5;1-9(2)4-3-8(11)5-7(9)6-10/h12H,6-9,11H2,1-5H3,(H,21,22);7H,3-5H2,1-2H3. The molecule has 0 bridgehead atoms. The van der Waals surface area contributed by atoms with Crippen LogP contribution >= 0.6 is 0 Å². The Morgan fingerprint density at radius 3 is 2.26 bits per heavy atom. The van der Waals surface area contributed by atoms with Crippen LogP contribution in [-0.2, 0) is 29.1 Å². The molecule has 1 heterocycles. The van der Waals surface area contributed by atoms with Crippen LogP contribution in [0.1, 0.15) is 68.7 Å². The molecule has 0 radical (unpaired) electrons. The number of carboxylic acids is 1. The highest BCUT2D eigenvalue weighted by molar-refractivity contribution is 6.76. The first-order valence-corrected chi connectivity index (χ1v) is 16.0. The van der Waals surface area contributed by atoms with Gasteiger partial charge < -0.3 is 9.84 Å². The van der Waals surface area contributed by atoms with Crippen molar-refractivity contribution in [3.8, 4) is 12.1 Å². The average molecular weight is 501 g/mol. The van der Waals surface area contributed by atoms with Crippen molar-refractivity contribution < 1.29 is 19.4 Å². The van der Waals surface area contributed by atoms with Crippen molar-refractivity contribution in [2.45, 2.75) is 92.2 Å². The molecular formula is C26H40N4O4Si. The van der Waals surface area contributed by atoms with Crippen LogP contribution in [0.4, 0.5) is 0 Å². The van der Waals surface area contributed by atoms with Gasteiger partial charge in [-0.15, -0.1) is 0 Å². The fraction of sp³-hybridized carbons (Fsp3) is 0.731. The van der Waals surface area contributed by atoms with Crippen LogP contribution in [0.3, 0.4) is 0 Å². The number of hydrogen-bond acceptors (Lipinski definition) is 6. The van der Waals surface area contributed by atoms with E-state index in [0.29, 0.717) is 37.9 Å². The summed E-state index contributed by atoms with van der Waals surface area (Å²) in [5, 5.41) is 31.8. The second-order valence-corrected chi connectivity index (χ2v) is 18.0. The molecule has 8 nitrogen and oxygen atoms in total. The lowest BCUT2D eigenvalue weighted by Crippen LogP contribution is -2.33. The number of Topliss-reactive ketones (excluding diaryl/α,β-unsaturated/α-hetero) is 1. The van der Waals surface area contributed by atoms with Crippen molar-refractivity contribution in [1.82, 2.24) is 9.78 Å². The number of nitriles is 2. The molecule has 0 saturated heterocycles. The van der Waals surface area contributed by atoms with E-state index in [4.69, 9.17) is 10.00 Å². The molecule has 2 aliphatic carbocycles. The molecule has 192 valence electrons. The summed E-state index contributed by atoms with van der Waals surface area (Å²) in [6, 6.07) is 5.59. The van der Waals surface area contributed by atoms with Crippen molar-refractivity contribution in [2.24, 2.45) is 22.7 Å². The number of rotatable bonds is 6. The monoisotopic (exact) mass is 500 g/mol. The zero-order valence-corrected chi connectivity index (χ0v) is 23.3. The smallest absolute Gasteiger partial charge is 0.356 e. The van der Waals surface area contributed by atoms with E-state index in [9.17, 15) is 20.0 Å². The van der Waals surface area contributed by atoms with E-state index in [2.05, 4.69) is 50.7 Å². The van der Waals surface area contributed by atoms with Crippen LogP contribution in [0, 0.1) is 45.3 Å². The van der Waals surface area contributed by atoms with Gasteiger partial charge in [0.25, 0.3) is 0 Å². The van der Waals surface area contributed by atoms with Gasteiger partial charge in [-0.05, 0) is 36.1 Å². The molecule has 1 saturated carbocycles. The second-order valence-electron chi connectivity index (χ2n) is 12.4. The predicted octanol–water partition coefficient (Wildman–Crippen LogP) is 5.06. The molecule has 1 fully saturated rings. The molecule has 1 N–H and O–H groups in total. The Labute approximate surface area is 210 Å². The minimum Gasteiger partial charge on any atom is -0.476 e. The van der Waals surface area contributed by atoms with Gasteiger partial charge in [-0.1, -0.05) is 47.3 Å². The zero-order valence-electron chi connectivity index (χ0n) is 22.3. The quantitative estimate of drug-likeness (QED) is 0.427. The van der Waals surface area contributed by atoms with E-state index in [1.54, 1.807) is 4.68 Å². The third kappa shape index (κ3) is 7.49. The molecule has 1 aromatic rings. The van der Waals surface area contributed by atoms with Crippen LogP contribution in [-0.4, -0.2) is 41.3 Å². The number of fused-ring (bicyclic) bond motifs is 1. The van der Waals surface area contributed by atoms with E-state index < -0.39 is 14.0 Å². The number of ether oxygens (including phenoxy) is 1. The van der Waals surface area contributed by atoms with Crippen molar-refractivity contribution in [3.63, 3.8) is 0 Å². The Hall–Kier alpha value is -2.49. The van der Waals surface area contributed by atoms with E-state index in [1.165, 1.54) is 0 Å². The zero-order chi connectivity index (χ0) is 26.6. The van der Waals surface area contributed by atoms with E-state index in [-0.39, 0.29) is 40.9 Å². The van der Waals surface area contributed by atoms with Crippen LogP contribution in [0.15, 0.2) is 0 Å². The van der Waals surface area contributed by atoms with Crippen LogP contribution in [0.2, 0.25) is 25.7 Å². The van der Waals surface area contributed by atoms with Gasteiger partial charge in [-0.2, -0.15) is 15.6 Å². The Morgan fingerprint density at radius 2 is 1.74 bits per heavy atom. The van der Waals surface area contributed by atoms with Crippen LogP contribution in [0.5, 0.6) is 0 Å². The summed E-state index contributed by atoms with van der Waals surface area (Å²) < 4.78 is 7.43. The molecule has 35 heavy (non-hydrogen) atoms. The molecular weight excluding hydrogens is 460 g/mol. The molecule has 2 aliphatic rings. The maximum atomic E-state index is 11.5. The third-order valence-corrected chi connectivity index (χ3v) is 8.99. The number of hydrogen-bond donors (Lipinski definition) is 1. The van der Waals surface area contributed by atoms with Gasteiger partial charge in [0.2, 0.25) is 0 Å². The molecule has 3 rings (SSSR count). The minimum atomic E-state index is -1.16. The van der Waals surface area contributed by atoms with Crippen LogP contribution < -0.4 is 0 Å². The Kier molecular flexibility index (Phi) is 9.08. The van der Waals surface area contributed by atoms with Gasteiger partial charge in [-0.25, -0.2) is 9.48 Å². The Balaban J connectivity index is 0.000000328. The molecule has 9 heteroatoms. The minimum absolute atomic E-state index is 0.0443. The summed E-state index contributed by atoms with van der Waals surface area (Å²) in [7, 11) is -1.16. The van der Waals surface area contributed by atoms with Crippen molar-refractivity contribution in [1.29, 1.82) is 10.5 Å². The highest BCUT2D eigenvalue weighted by atomic mass is 28.3. The van der Waals surface area contributed by atoms with Gasteiger partial charge in [0, 0.05) is 38.8 Å². The normalized spacial score (nSPS) is 22.7. The summed E-state index contributed by atoms with van der Waals surface area (Å²) >= 11 is 0. The number of carboxylic acid groups (broad SMARTS) is 1. The van der Waals surface area contributed by atoms with Gasteiger partial charge in [0.15, 0.2) is 5.69 Å². The van der Waals surface area contributed by atoms with Gasteiger partial charge in [0.05, 0.1) is 24.0 Å². The third-order valence-electron chi connectivity index (χ3n) is 7.29. The molecule has 0 amide bonds. The lowest BCUT2D eigenvalue weighted by Gasteiger charge is -2.34. The maximum Gasteiger partial charge on any atom is 0.356 e. The number of aromatic carboxylic acids is 1. The summed E-state index contributed by atoms with van der Waals surface area (Å²) in [6.07, 6.45) is 3.06. The Morgan fingerprint density at radius 1 is 1.14 bits per heavy atom. The number of nitrogens with zero attached hydrogens (tertiary/aromatic N) is 4. The largest absolute Gasteiger partial charge is 0.476 e. The van der Waals surface area contributed by atoms with Crippen molar-refractivity contribution in [3.05, 3.63) is 17.0 Å². The van der Waals surface area contributed by atoms with Crippen LogP contribution in [0.25, 0.3) is 0 Å². The number of carbonyl (C=O) groups excluding carboxylic acids is 1. The van der Waals surface area contributed by atoms with Gasteiger partial charge in [-0.3, -0.25) is 4.79 Å². The Bertz CT molecular complexity index is 1020. The molecule has 2 atom stereocenters. The SMILES string of the molecule is CC1(C)CCC(=O)CC1C#N.CC1(C)Cc2c(c(C(=O)O)nn2COCC[Si](C)(C)C)CC1C#N. The van der Waals surface area contributed by atoms with Crippen molar-refractivity contribution in [2.75, 3.05) is 6.61 Å². The molecule has 0 spiro atoms. The van der Waals surface area contributed by atoms with Crippen molar-refractivity contribution >= 4 is 19.8 Å². The summed E-state index contributed by atoms with van der Waals surface area (Å²) in [5.41, 5.74) is 1.50. The predicted molar refractivity (Wildman–Crippen MR) is 135 cm³/mol. The summed E-state index contributed by atoms with van der Waals surface area (Å²) in [6.45, 7) is 16.0. The molecule has 2 unspecified atom stereocenters. The number of ketones is 1. The average Bonchev–Trinajstić information content (AvgIpc) is 3.08. The van der Waals surface area contributed by atoms with E-state index >= 15 is 0 Å². The lowest BCUT2D eigenvalue weighted by molar-refractivity contribution is -0.123. The van der Waals surface area contributed by atoms with E-state index in [0.717, 1.165) is 18.2 Å². The molecule has 0 aliphatic heterocycles. The summed E-state index contributed by atoms with van der Waals surface area (Å²) in [5.74, 6) is -1.06. The topological polar surface area (TPSA) is 129 Å². The maximum absolute atomic E-state index is 11.5. The van der Waals surface area contributed by atoms with E-state index in [1.807, 2.05) is 13.8 Å². The molecule has 1 aromatic heterocycles. The molecule has 0 aromatic carbocycles. The highest BCUT2D eigenvalue weighted by Gasteiger charge is 2.40. The first kappa shape index (κ1) is 28.7. The van der Waals surface area contributed by atoms with Gasteiger partial charge >= 0.3 is 5.97 Å². The first-order valence-electron chi connectivity index (χ1n) is 12.3. The second kappa shape index (κ2) is 11.1. The first-order chi connectivity index (χ1) is 16.1. The number of carbonyl (C=O) groups is 2. The lowest BCUT2D eigenvalue weighted by atomic mass is 9.68.